The van der Waals surface area contributed by atoms with Gasteiger partial charge in [-0.15, -0.1) is 0 Å². The molecule has 1 rings (SSSR count). The molecule has 1 aromatic carbocycles. The summed E-state index contributed by atoms with van der Waals surface area (Å²) in [5, 5.41) is 9.17. The van der Waals surface area contributed by atoms with Gasteiger partial charge in [-0.2, -0.15) is 0 Å². The van der Waals surface area contributed by atoms with Gasteiger partial charge in [-0.1, -0.05) is 25.1 Å². The van der Waals surface area contributed by atoms with Gasteiger partial charge >= 0.3 is 0 Å². The minimum absolute atomic E-state index is 0.0522. The highest BCUT2D eigenvalue weighted by molar-refractivity contribution is 5.32. The van der Waals surface area contributed by atoms with Gasteiger partial charge in [0.05, 0.1) is 6.61 Å². The molecule has 0 saturated heterocycles. The van der Waals surface area contributed by atoms with E-state index in [0.717, 1.165) is 17.7 Å². The van der Waals surface area contributed by atoms with Crippen molar-refractivity contribution in [3.63, 3.8) is 0 Å². The van der Waals surface area contributed by atoms with E-state index in [1.807, 2.05) is 38.1 Å². The molecule has 0 aromatic heterocycles. The summed E-state index contributed by atoms with van der Waals surface area (Å²) in [6.45, 7) is 3.90. The van der Waals surface area contributed by atoms with E-state index >= 15 is 0 Å². The monoisotopic (exact) mass is 209 g/mol. The largest absolute Gasteiger partial charge is 0.486 e. The topological polar surface area (TPSA) is 55.5 Å². The summed E-state index contributed by atoms with van der Waals surface area (Å²) >= 11 is 0. The Balaban J connectivity index is 2.71. The summed E-state index contributed by atoms with van der Waals surface area (Å²) in [4.78, 5) is 0. The van der Waals surface area contributed by atoms with Gasteiger partial charge in [0, 0.05) is 6.04 Å². The Kier molecular flexibility index (Phi) is 4.59. The van der Waals surface area contributed by atoms with Crippen LogP contribution in [-0.2, 0) is 0 Å². The number of nitrogens with two attached hydrogens (primary N) is 1. The highest BCUT2D eigenvalue weighted by Crippen LogP contribution is 2.18. The lowest BCUT2D eigenvalue weighted by Crippen LogP contribution is -2.41. The van der Waals surface area contributed by atoms with Gasteiger partial charge in [0.1, 0.15) is 11.9 Å². The first kappa shape index (κ1) is 12.0. The molecule has 0 spiro atoms. The third-order valence-electron chi connectivity index (χ3n) is 2.50. The van der Waals surface area contributed by atoms with Crippen molar-refractivity contribution in [3.8, 4) is 5.75 Å². The number of hydrogen-bond acceptors (Lipinski definition) is 3. The van der Waals surface area contributed by atoms with Crippen molar-refractivity contribution in [3.05, 3.63) is 29.8 Å². The van der Waals surface area contributed by atoms with Crippen LogP contribution < -0.4 is 10.5 Å². The SMILES string of the molecule is CCC(N)C(CO)Oc1ccccc1C. The summed E-state index contributed by atoms with van der Waals surface area (Å²) in [6.07, 6.45) is 0.466. The minimum Gasteiger partial charge on any atom is -0.486 e. The molecule has 0 aliphatic rings. The van der Waals surface area contributed by atoms with Crippen LogP contribution in [0.25, 0.3) is 0 Å². The molecule has 3 N–H and O–H groups in total. The Hall–Kier alpha value is -1.06. The summed E-state index contributed by atoms with van der Waals surface area (Å²) in [7, 11) is 0. The van der Waals surface area contributed by atoms with E-state index < -0.39 is 0 Å². The molecule has 0 fully saturated rings. The highest BCUT2D eigenvalue weighted by atomic mass is 16.5. The van der Waals surface area contributed by atoms with Crippen molar-refractivity contribution >= 4 is 0 Å². The molecule has 1 aromatic rings. The quantitative estimate of drug-likeness (QED) is 0.772. The number of rotatable bonds is 5. The number of aliphatic hydroxyl groups excluding tert-OH is 1. The second-order valence-electron chi connectivity index (χ2n) is 3.68. The average molecular weight is 209 g/mol. The molecule has 0 radical (unpaired) electrons. The lowest BCUT2D eigenvalue weighted by Gasteiger charge is -2.23. The van der Waals surface area contributed by atoms with E-state index in [1.54, 1.807) is 0 Å². The van der Waals surface area contributed by atoms with Crippen molar-refractivity contribution in [2.45, 2.75) is 32.4 Å². The van der Waals surface area contributed by atoms with Crippen LogP contribution in [0.4, 0.5) is 0 Å². The maximum Gasteiger partial charge on any atom is 0.137 e. The first-order valence-corrected chi connectivity index (χ1v) is 5.27. The molecule has 15 heavy (non-hydrogen) atoms. The molecule has 3 nitrogen and oxygen atoms in total. The smallest absolute Gasteiger partial charge is 0.137 e. The lowest BCUT2D eigenvalue weighted by molar-refractivity contribution is 0.0926. The third-order valence-corrected chi connectivity index (χ3v) is 2.50. The predicted octanol–water partition coefficient (Wildman–Crippen LogP) is 1.47. The zero-order valence-corrected chi connectivity index (χ0v) is 9.31. The van der Waals surface area contributed by atoms with Gasteiger partial charge in [0.2, 0.25) is 0 Å². The molecule has 0 bridgehead atoms. The lowest BCUT2D eigenvalue weighted by atomic mass is 10.1. The van der Waals surface area contributed by atoms with Crippen molar-refractivity contribution in [2.75, 3.05) is 6.61 Å². The Morgan fingerprint density at radius 3 is 2.60 bits per heavy atom. The summed E-state index contributed by atoms with van der Waals surface area (Å²) in [6, 6.07) is 7.60. The third kappa shape index (κ3) is 3.22. The van der Waals surface area contributed by atoms with Crippen LogP contribution in [-0.4, -0.2) is 23.9 Å². The van der Waals surface area contributed by atoms with Gasteiger partial charge in [-0.3, -0.25) is 0 Å². The van der Waals surface area contributed by atoms with E-state index in [-0.39, 0.29) is 18.8 Å². The molecule has 0 heterocycles. The molecule has 2 atom stereocenters. The summed E-state index contributed by atoms with van der Waals surface area (Å²) in [5.74, 6) is 0.792. The maximum absolute atomic E-state index is 9.17. The number of aliphatic hydroxyl groups is 1. The molecule has 2 unspecified atom stereocenters. The van der Waals surface area contributed by atoms with E-state index in [4.69, 9.17) is 10.5 Å². The fourth-order valence-electron chi connectivity index (χ4n) is 1.37. The molecule has 84 valence electrons. The van der Waals surface area contributed by atoms with E-state index in [1.165, 1.54) is 0 Å². The van der Waals surface area contributed by atoms with Crippen LogP contribution in [0.2, 0.25) is 0 Å². The van der Waals surface area contributed by atoms with Gasteiger partial charge in [0.25, 0.3) is 0 Å². The van der Waals surface area contributed by atoms with Gasteiger partial charge < -0.3 is 15.6 Å². The first-order valence-electron chi connectivity index (χ1n) is 5.27. The van der Waals surface area contributed by atoms with Crippen LogP contribution in [0, 0.1) is 6.92 Å². The van der Waals surface area contributed by atoms with Crippen molar-refractivity contribution in [1.29, 1.82) is 0 Å². The number of hydrogen-bond donors (Lipinski definition) is 2. The second kappa shape index (κ2) is 5.73. The Labute approximate surface area is 90.9 Å². The number of benzene rings is 1. The first-order chi connectivity index (χ1) is 7.19. The second-order valence-corrected chi connectivity index (χ2v) is 3.68. The van der Waals surface area contributed by atoms with Crippen molar-refractivity contribution < 1.29 is 9.84 Å². The molecule has 3 heteroatoms. The fourth-order valence-corrected chi connectivity index (χ4v) is 1.37. The zero-order valence-electron chi connectivity index (χ0n) is 9.31. The van der Waals surface area contributed by atoms with Gasteiger partial charge in [0.15, 0.2) is 0 Å². The van der Waals surface area contributed by atoms with E-state index in [9.17, 15) is 5.11 Å². The molecular formula is C12H19NO2. The molecule has 0 saturated carbocycles. The van der Waals surface area contributed by atoms with E-state index in [0.29, 0.717) is 0 Å². The molecule has 0 aliphatic heterocycles. The molecule has 0 aliphatic carbocycles. The van der Waals surface area contributed by atoms with Crippen LogP contribution in [0.3, 0.4) is 0 Å². The Bertz CT molecular complexity index is 301. The van der Waals surface area contributed by atoms with Crippen molar-refractivity contribution in [2.24, 2.45) is 5.73 Å². The standard InChI is InChI=1S/C12H19NO2/c1-3-10(13)12(8-14)15-11-7-5-4-6-9(11)2/h4-7,10,12,14H,3,8,13H2,1-2H3. The Morgan fingerprint density at radius 1 is 1.40 bits per heavy atom. The highest BCUT2D eigenvalue weighted by Gasteiger charge is 2.17. The normalized spacial score (nSPS) is 14.7. The van der Waals surface area contributed by atoms with Gasteiger partial charge in [-0.05, 0) is 25.0 Å². The summed E-state index contributed by atoms with van der Waals surface area (Å²) in [5.41, 5.74) is 6.90. The summed E-state index contributed by atoms with van der Waals surface area (Å²) < 4.78 is 5.67. The fraction of sp³-hybridized carbons (Fsp3) is 0.500. The predicted molar refractivity (Wildman–Crippen MR) is 60.9 cm³/mol. The van der Waals surface area contributed by atoms with Gasteiger partial charge in [-0.25, -0.2) is 0 Å². The maximum atomic E-state index is 9.17. The average Bonchev–Trinajstić information content (AvgIpc) is 2.27. The van der Waals surface area contributed by atoms with Crippen LogP contribution in [0.5, 0.6) is 5.75 Å². The van der Waals surface area contributed by atoms with E-state index in [2.05, 4.69) is 0 Å². The molecule has 0 amide bonds. The number of ether oxygens (including phenoxy) is 1. The van der Waals surface area contributed by atoms with Crippen LogP contribution in [0.1, 0.15) is 18.9 Å². The number of aryl methyl sites for hydroxylation is 1. The minimum atomic E-state index is -0.323. The zero-order chi connectivity index (χ0) is 11.3. The van der Waals surface area contributed by atoms with Crippen molar-refractivity contribution in [1.82, 2.24) is 0 Å². The van der Waals surface area contributed by atoms with Crippen LogP contribution in [0.15, 0.2) is 24.3 Å². The van der Waals surface area contributed by atoms with Crippen LogP contribution >= 0.6 is 0 Å². The Morgan fingerprint density at radius 2 is 2.07 bits per heavy atom. The number of para-hydroxylation sites is 1. The molecular weight excluding hydrogens is 190 g/mol.